The first-order valence-electron chi connectivity index (χ1n) is 7.49. The molecule has 0 radical (unpaired) electrons. The molecule has 1 fully saturated rings. The highest BCUT2D eigenvalue weighted by molar-refractivity contribution is 7.90. The molecular weight excluding hydrogens is 373 g/mol. The summed E-state index contributed by atoms with van der Waals surface area (Å²) in [6.07, 6.45) is -2.15. The average Bonchev–Trinajstić information content (AvgIpc) is 3.35. The number of carbonyl (C=O) groups excluding carboxylic acids is 1. The van der Waals surface area contributed by atoms with Gasteiger partial charge in [-0.2, -0.15) is 0 Å². The topological polar surface area (TPSA) is 85.4 Å². The lowest BCUT2D eigenvalue weighted by Crippen LogP contribution is -2.32. The Hall–Kier alpha value is -2.62. The van der Waals surface area contributed by atoms with E-state index in [4.69, 9.17) is 0 Å². The van der Waals surface area contributed by atoms with Crippen LogP contribution in [0.15, 0.2) is 53.7 Å². The highest BCUT2D eigenvalue weighted by Gasteiger charge is 2.47. The minimum Gasteiger partial charge on any atom is -0.405 e. The van der Waals surface area contributed by atoms with E-state index in [9.17, 15) is 26.4 Å². The van der Waals surface area contributed by atoms with Gasteiger partial charge in [-0.05, 0) is 36.1 Å². The number of aromatic nitrogens is 1. The van der Waals surface area contributed by atoms with Crippen LogP contribution in [0.25, 0.3) is 0 Å². The third-order valence-electron chi connectivity index (χ3n) is 3.85. The molecule has 0 spiro atoms. The van der Waals surface area contributed by atoms with Crippen molar-refractivity contribution in [3.63, 3.8) is 0 Å². The van der Waals surface area contributed by atoms with E-state index in [1.807, 2.05) is 4.72 Å². The zero-order valence-electron chi connectivity index (χ0n) is 13.1. The van der Waals surface area contributed by atoms with Gasteiger partial charge in [0.2, 0.25) is 5.91 Å². The molecule has 1 aliphatic rings. The van der Waals surface area contributed by atoms with Crippen molar-refractivity contribution < 1.29 is 31.1 Å². The molecule has 1 N–H and O–H groups in total. The standard InChI is InChI=1S/C16H13F3N2O4S/c17-16(18,19)25-14-6-2-1-5-11(14)12-8-13(12)15(22)21-26(23,24)10-4-3-7-20-9-10/h1-7,9,12-13H,8H2,(H,21,22). The molecule has 1 amide bonds. The lowest BCUT2D eigenvalue weighted by atomic mass is 10.1. The molecular formula is C16H13F3N2O4S. The van der Waals surface area contributed by atoms with Crippen LogP contribution in [0, 0.1) is 5.92 Å². The number of halogens is 3. The number of carbonyl (C=O) groups is 1. The van der Waals surface area contributed by atoms with Gasteiger partial charge in [0.1, 0.15) is 10.6 Å². The molecule has 10 heteroatoms. The molecule has 2 aromatic rings. The van der Waals surface area contributed by atoms with Crippen LogP contribution < -0.4 is 9.46 Å². The second kappa shape index (κ2) is 6.60. The number of ether oxygens (including phenoxy) is 1. The minimum atomic E-state index is -4.85. The quantitative estimate of drug-likeness (QED) is 0.854. The van der Waals surface area contributed by atoms with Crippen LogP contribution in [-0.2, 0) is 14.8 Å². The average molecular weight is 386 g/mol. The molecule has 6 nitrogen and oxygen atoms in total. The molecule has 1 aromatic heterocycles. The van der Waals surface area contributed by atoms with Gasteiger partial charge in [0.25, 0.3) is 10.0 Å². The minimum absolute atomic E-state index is 0.175. The van der Waals surface area contributed by atoms with Crippen molar-refractivity contribution in [2.45, 2.75) is 23.6 Å². The summed E-state index contributed by atoms with van der Waals surface area (Å²) in [4.78, 5) is 15.7. The lowest BCUT2D eigenvalue weighted by Gasteiger charge is -2.13. The normalized spacial score (nSPS) is 19.7. The monoisotopic (exact) mass is 386 g/mol. The molecule has 138 valence electrons. The Morgan fingerprint density at radius 2 is 1.92 bits per heavy atom. The molecule has 2 unspecified atom stereocenters. The van der Waals surface area contributed by atoms with Crippen LogP contribution in [0.3, 0.4) is 0 Å². The summed E-state index contributed by atoms with van der Waals surface area (Å²) in [5.74, 6) is -2.46. The Morgan fingerprint density at radius 3 is 2.58 bits per heavy atom. The van der Waals surface area contributed by atoms with Crippen LogP contribution >= 0.6 is 0 Å². The maximum absolute atomic E-state index is 12.5. The van der Waals surface area contributed by atoms with Gasteiger partial charge in [0, 0.05) is 18.3 Å². The van der Waals surface area contributed by atoms with Crippen LogP contribution in [0.2, 0.25) is 0 Å². The predicted octanol–water partition coefficient (Wildman–Crippen LogP) is 2.59. The zero-order chi connectivity index (χ0) is 18.9. The van der Waals surface area contributed by atoms with E-state index in [0.717, 1.165) is 12.3 Å². The van der Waals surface area contributed by atoms with Crippen molar-refractivity contribution in [1.82, 2.24) is 9.71 Å². The molecule has 1 saturated carbocycles. The van der Waals surface area contributed by atoms with E-state index in [-0.39, 0.29) is 16.9 Å². The molecule has 0 saturated heterocycles. The summed E-state index contributed by atoms with van der Waals surface area (Å²) in [6.45, 7) is 0. The largest absolute Gasteiger partial charge is 0.573 e. The first kappa shape index (κ1) is 18.2. The number of benzene rings is 1. The Balaban J connectivity index is 1.72. The molecule has 1 aliphatic carbocycles. The molecule has 26 heavy (non-hydrogen) atoms. The van der Waals surface area contributed by atoms with Crippen molar-refractivity contribution >= 4 is 15.9 Å². The fourth-order valence-electron chi connectivity index (χ4n) is 2.61. The van der Waals surface area contributed by atoms with Crippen LogP contribution in [0.5, 0.6) is 5.75 Å². The number of hydrogen-bond donors (Lipinski definition) is 1. The smallest absolute Gasteiger partial charge is 0.405 e. The van der Waals surface area contributed by atoms with E-state index >= 15 is 0 Å². The van der Waals surface area contributed by atoms with Crippen molar-refractivity contribution in [1.29, 1.82) is 0 Å². The third-order valence-corrected chi connectivity index (χ3v) is 5.18. The van der Waals surface area contributed by atoms with Gasteiger partial charge in [-0.3, -0.25) is 9.78 Å². The van der Waals surface area contributed by atoms with E-state index in [1.54, 1.807) is 0 Å². The van der Waals surface area contributed by atoms with Gasteiger partial charge in [0.05, 0.1) is 0 Å². The van der Waals surface area contributed by atoms with E-state index in [1.165, 1.54) is 36.5 Å². The Morgan fingerprint density at radius 1 is 1.19 bits per heavy atom. The number of pyridine rings is 1. The number of amides is 1. The van der Waals surface area contributed by atoms with Crippen LogP contribution in [-0.4, -0.2) is 25.7 Å². The van der Waals surface area contributed by atoms with Gasteiger partial charge in [-0.1, -0.05) is 18.2 Å². The second-order valence-electron chi connectivity index (χ2n) is 5.69. The van der Waals surface area contributed by atoms with Crippen molar-refractivity contribution in [2.75, 3.05) is 0 Å². The maximum Gasteiger partial charge on any atom is 0.573 e. The van der Waals surface area contributed by atoms with Crippen molar-refractivity contribution in [2.24, 2.45) is 5.92 Å². The highest BCUT2D eigenvalue weighted by Crippen LogP contribution is 2.51. The first-order chi connectivity index (χ1) is 12.2. The number of sulfonamides is 1. The number of hydrogen-bond acceptors (Lipinski definition) is 5. The van der Waals surface area contributed by atoms with Crippen LogP contribution in [0.4, 0.5) is 13.2 Å². The number of rotatable bonds is 5. The third kappa shape index (κ3) is 4.13. The lowest BCUT2D eigenvalue weighted by molar-refractivity contribution is -0.274. The Kier molecular flexibility index (Phi) is 4.61. The van der Waals surface area contributed by atoms with Crippen molar-refractivity contribution in [3.05, 3.63) is 54.4 Å². The Bertz CT molecular complexity index is 917. The number of nitrogens with zero attached hydrogens (tertiary/aromatic N) is 1. The molecule has 1 aromatic carbocycles. The van der Waals surface area contributed by atoms with Crippen molar-refractivity contribution in [3.8, 4) is 5.75 Å². The number of alkyl halides is 3. The zero-order valence-corrected chi connectivity index (χ0v) is 13.9. The summed E-state index contributed by atoms with van der Waals surface area (Å²) >= 11 is 0. The second-order valence-corrected chi connectivity index (χ2v) is 7.38. The van der Waals surface area contributed by atoms with Gasteiger partial charge in [-0.15, -0.1) is 13.2 Å². The summed E-state index contributed by atoms with van der Waals surface area (Å²) in [5.41, 5.74) is 0.212. The van der Waals surface area contributed by atoms with Gasteiger partial charge < -0.3 is 4.74 Å². The van der Waals surface area contributed by atoms with Gasteiger partial charge in [-0.25, -0.2) is 13.1 Å². The van der Waals surface area contributed by atoms with E-state index in [2.05, 4.69) is 9.72 Å². The molecule has 3 rings (SSSR count). The summed E-state index contributed by atoms with van der Waals surface area (Å²) in [7, 11) is -4.08. The molecule has 0 bridgehead atoms. The van der Waals surface area contributed by atoms with E-state index in [0.29, 0.717) is 0 Å². The SMILES string of the molecule is O=C(NS(=O)(=O)c1cccnc1)C1CC1c1ccccc1OC(F)(F)F. The molecule has 0 aliphatic heterocycles. The Labute approximate surface area is 147 Å². The molecule has 2 atom stereocenters. The van der Waals surface area contributed by atoms with E-state index < -0.39 is 39.9 Å². The maximum atomic E-state index is 12.5. The first-order valence-corrected chi connectivity index (χ1v) is 8.97. The van der Waals surface area contributed by atoms with Gasteiger partial charge >= 0.3 is 6.36 Å². The predicted molar refractivity (Wildman–Crippen MR) is 83.5 cm³/mol. The van der Waals surface area contributed by atoms with Crippen LogP contribution in [0.1, 0.15) is 17.9 Å². The fraction of sp³-hybridized carbons (Fsp3) is 0.250. The summed E-state index contributed by atoms with van der Waals surface area (Å²) in [5, 5.41) is 0. The fourth-order valence-corrected chi connectivity index (χ4v) is 3.60. The number of para-hydroxylation sites is 1. The summed E-state index contributed by atoms with van der Waals surface area (Å²) < 4.78 is 67.6. The van der Waals surface area contributed by atoms with Gasteiger partial charge in [0.15, 0.2) is 0 Å². The number of nitrogens with one attached hydrogen (secondary N) is 1. The highest BCUT2D eigenvalue weighted by atomic mass is 32.2. The summed E-state index contributed by atoms with van der Waals surface area (Å²) in [6, 6.07) is 8.17. The molecule has 1 heterocycles.